The van der Waals surface area contributed by atoms with Crippen LogP contribution in [-0.4, -0.2) is 28.5 Å². The maximum absolute atomic E-state index is 4.76. The average Bonchev–Trinajstić information content (AvgIpc) is 2.54. The summed E-state index contributed by atoms with van der Waals surface area (Å²) >= 11 is 0. The number of fused-ring (bicyclic) bond motifs is 1. The Labute approximate surface area is 130 Å². The molecule has 0 atom stereocenters. The van der Waals surface area contributed by atoms with Crippen molar-refractivity contribution >= 4 is 16.7 Å². The Morgan fingerprint density at radius 3 is 2.68 bits per heavy atom. The van der Waals surface area contributed by atoms with Crippen molar-refractivity contribution in [2.75, 3.05) is 18.5 Å². The number of hydrogen-bond acceptors (Lipinski definition) is 4. The number of aromatic nitrogens is 3. The van der Waals surface area contributed by atoms with E-state index in [0.717, 1.165) is 34.4 Å². The number of nitrogens with zero attached hydrogens (tertiary/aromatic N) is 4. The lowest BCUT2D eigenvalue weighted by atomic mass is 10.2. The van der Waals surface area contributed by atoms with Crippen molar-refractivity contribution in [3.8, 4) is 11.4 Å². The standard InChI is InChI=1S/C18H18N4/c1-13(2)12-22(3)18-15-8-4-5-9-16(15)20-17(21-18)14-7-6-10-19-11-14/h4-11H,1,12H2,2-3H3. The second-order valence-electron chi connectivity index (χ2n) is 5.44. The molecule has 0 saturated heterocycles. The van der Waals surface area contributed by atoms with E-state index in [9.17, 15) is 0 Å². The molecule has 0 bridgehead atoms. The molecule has 0 aliphatic rings. The summed E-state index contributed by atoms with van der Waals surface area (Å²) < 4.78 is 0. The zero-order valence-corrected chi connectivity index (χ0v) is 12.8. The van der Waals surface area contributed by atoms with Crippen LogP contribution in [0.25, 0.3) is 22.3 Å². The van der Waals surface area contributed by atoms with Crippen LogP contribution in [0.2, 0.25) is 0 Å². The largest absolute Gasteiger partial charge is 0.355 e. The molecule has 0 N–H and O–H groups in total. The molecule has 0 aliphatic heterocycles. The van der Waals surface area contributed by atoms with Gasteiger partial charge in [0.25, 0.3) is 0 Å². The van der Waals surface area contributed by atoms with Crippen molar-refractivity contribution in [2.24, 2.45) is 0 Å². The first-order valence-electron chi connectivity index (χ1n) is 7.18. The van der Waals surface area contributed by atoms with Crippen LogP contribution >= 0.6 is 0 Å². The zero-order valence-electron chi connectivity index (χ0n) is 12.8. The molecule has 0 unspecified atom stereocenters. The number of hydrogen-bond donors (Lipinski definition) is 0. The topological polar surface area (TPSA) is 41.9 Å². The van der Waals surface area contributed by atoms with Gasteiger partial charge >= 0.3 is 0 Å². The molecule has 3 aromatic rings. The number of rotatable bonds is 4. The Morgan fingerprint density at radius 2 is 1.95 bits per heavy atom. The van der Waals surface area contributed by atoms with E-state index in [0.29, 0.717) is 5.82 Å². The molecule has 0 fully saturated rings. The van der Waals surface area contributed by atoms with Crippen LogP contribution in [-0.2, 0) is 0 Å². The van der Waals surface area contributed by atoms with Crippen LogP contribution in [0.1, 0.15) is 6.92 Å². The maximum Gasteiger partial charge on any atom is 0.163 e. The minimum Gasteiger partial charge on any atom is -0.355 e. The van der Waals surface area contributed by atoms with E-state index < -0.39 is 0 Å². The van der Waals surface area contributed by atoms with Crippen LogP contribution in [0.5, 0.6) is 0 Å². The number of benzene rings is 1. The molecule has 22 heavy (non-hydrogen) atoms. The molecule has 1 aromatic carbocycles. The molecule has 0 radical (unpaired) electrons. The summed E-state index contributed by atoms with van der Waals surface area (Å²) in [6.07, 6.45) is 3.53. The summed E-state index contributed by atoms with van der Waals surface area (Å²) in [5, 5.41) is 1.04. The molecule has 2 aromatic heterocycles. The van der Waals surface area contributed by atoms with E-state index in [1.54, 1.807) is 12.4 Å². The van der Waals surface area contributed by atoms with E-state index in [1.807, 2.05) is 50.4 Å². The van der Waals surface area contributed by atoms with Gasteiger partial charge in [0.15, 0.2) is 5.82 Å². The van der Waals surface area contributed by atoms with E-state index >= 15 is 0 Å². The van der Waals surface area contributed by atoms with Crippen LogP contribution in [0.4, 0.5) is 5.82 Å². The van der Waals surface area contributed by atoms with Crippen LogP contribution in [0, 0.1) is 0 Å². The highest BCUT2D eigenvalue weighted by Gasteiger charge is 2.12. The first-order chi connectivity index (χ1) is 10.6. The molecule has 4 heteroatoms. The fourth-order valence-electron chi connectivity index (χ4n) is 2.45. The fourth-order valence-corrected chi connectivity index (χ4v) is 2.45. The molecule has 2 heterocycles. The van der Waals surface area contributed by atoms with Crippen molar-refractivity contribution in [3.05, 3.63) is 60.9 Å². The van der Waals surface area contributed by atoms with Gasteiger partial charge in [0.2, 0.25) is 0 Å². The van der Waals surface area contributed by atoms with Gasteiger partial charge in [-0.25, -0.2) is 9.97 Å². The van der Waals surface area contributed by atoms with Gasteiger partial charge in [-0.05, 0) is 31.2 Å². The molecule has 0 saturated carbocycles. The number of pyridine rings is 1. The van der Waals surface area contributed by atoms with E-state index in [2.05, 4.69) is 21.4 Å². The lowest BCUT2D eigenvalue weighted by molar-refractivity contribution is 0.957. The second-order valence-corrected chi connectivity index (χ2v) is 5.44. The summed E-state index contributed by atoms with van der Waals surface area (Å²) in [6.45, 7) is 6.76. The number of anilines is 1. The smallest absolute Gasteiger partial charge is 0.163 e. The third-order valence-electron chi connectivity index (χ3n) is 3.37. The van der Waals surface area contributed by atoms with Crippen LogP contribution in [0.15, 0.2) is 60.9 Å². The third-order valence-corrected chi connectivity index (χ3v) is 3.37. The number of likely N-dealkylation sites (N-methyl/N-ethyl adjacent to an activating group) is 1. The Morgan fingerprint density at radius 1 is 1.14 bits per heavy atom. The summed E-state index contributed by atoms with van der Waals surface area (Å²) in [7, 11) is 2.02. The van der Waals surface area contributed by atoms with Crippen molar-refractivity contribution < 1.29 is 0 Å². The Balaban J connectivity index is 2.18. The summed E-state index contributed by atoms with van der Waals surface area (Å²) in [6, 6.07) is 11.9. The van der Waals surface area contributed by atoms with Crippen LogP contribution < -0.4 is 4.90 Å². The quantitative estimate of drug-likeness (QED) is 0.687. The van der Waals surface area contributed by atoms with Gasteiger partial charge in [0, 0.05) is 36.9 Å². The summed E-state index contributed by atoms with van der Waals surface area (Å²) in [4.78, 5) is 15.7. The highest BCUT2D eigenvalue weighted by atomic mass is 15.2. The monoisotopic (exact) mass is 290 g/mol. The minimum atomic E-state index is 0.690. The van der Waals surface area contributed by atoms with Crippen molar-refractivity contribution in [1.82, 2.24) is 15.0 Å². The predicted octanol–water partition coefficient (Wildman–Crippen LogP) is 3.70. The first kappa shape index (κ1) is 14.2. The molecule has 110 valence electrons. The average molecular weight is 290 g/mol. The van der Waals surface area contributed by atoms with E-state index in [4.69, 9.17) is 4.98 Å². The van der Waals surface area contributed by atoms with Crippen molar-refractivity contribution in [2.45, 2.75) is 6.92 Å². The van der Waals surface area contributed by atoms with Gasteiger partial charge in [-0.1, -0.05) is 24.3 Å². The van der Waals surface area contributed by atoms with Gasteiger partial charge in [0.05, 0.1) is 5.52 Å². The Bertz CT molecular complexity index is 812. The Hall–Kier alpha value is -2.75. The molecule has 3 rings (SSSR count). The molecule has 0 aliphatic carbocycles. The Kier molecular flexibility index (Phi) is 3.83. The SMILES string of the molecule is C=C(C)CN(C)c1nc(-c2cccnc2)nc2ccccc12. The second kappa shape index (κ2) is 5.93. The molecule has 0 amide bonds. The zero-order chi connectivity index (χ0) is 15.5. The lowest BCUT2D eigenvalue weighted by Crippen LogP contribution is -2.21. The predicted molar refractivity (Wildman–Crippen MR) is 90.9 cm³/mol. The van der Waals surface area contributed by atoms with Gasteiger partial charge in [-0.15, -0.1) is 0 Å². The van der Waals surface area contributed by atoms with Gasteiger partial charge in [-0.2, -0.15) is 0 Å². The highest BCUT2D eigenvalue weighted by Crippen LogP contribution is 2.26. The molecule has 4 nitrogen and oxygen atoms in total. The van der Waals surface area contributed by atoms with Crippen LogP contribution in [0.3, 0.4) is 0 Å². The van der Waals surface area contributed by atoms with Gasteiger partial charge in [0.1, 0.15) is 5.82 Å². The summed E-state index contributed by atoms with van der Waals surface area (Å²) in [5.41, 5.74) is 2.94. The molecular formula is C18H18N4. The maximum atomic E-state index is 4.76. The van der Waals surface area contributed by atoms with Crippen molar-refractivity contribution in [3.63, 3.8) is 0 Å². The molecular weight excluding hydrogens is 272 g/mol. The third kappa shape index (κ3) is 2.81. The van der Waals surface area contributed by atoms with E-state index in [-0.39, 0.29) is 0 Å². The van der Waals surface area contributed by atoms with Crippen molar-refractivity contribution in [1.29, 1.82) is 0 Å². The van der Waals surface area contributed by atoms with E-state index in [1.165, 1.54) is 0 Å². The highest BCUT2D eigenvalue weighted by molar-refractivity contribution is 5.91. The minimum absolute atomic E-state index is 0.690. The fraction of sp³-hybridized carbons (Fsp3) is 0.167. The van der Waals surface area contributed by atoms with Gasteiger partial charge < -0.3 is 4.90 Å². The molecule has 0 spiro atoms. The first-order valence-corrected chi connectivity index (χ1v) is 7.18. The number of para-hydroxylation sites is 1. The summed E-state index contributed by atoms with van der Waals surface area (Å²) in [5.74, 6) is 1.60. The van der Waals surface area contributed by atoms with Gasteiger partial charge in [-0.3, -0.25) is 4.98 Å². The lowest BCUT2D eigenvalue weighted by Gasteiger charge is -2.20. The normalized spacial score (nSPS) is 10.6.